The average molecular weight is 113 g/mol. The molecule has 0 aliphatic rings. The smallest absolute Gasteiger partial charge is 0.0332 e. The SMILES string of the molecule is CCC[CH]C(C)(C)C. The Morgan fingerprint density at radius 1 is 1.25 bits per heavy atom. The third-order valence-corrected chi connectivity index (χ3v) is 1.05. The second-order valence-corrected chi connectivity index (χ2v) is 3.36. The van der Waals surface area contributed by atoms with Crippen molar-refractivity contribution in [1.29, 1.82) is 0 Å². The molecule has 1 radical (unpaired) electrons. The van der Waals surface area contributed by atoms with Crippen molar-refractivity contribution in [3.63, 3.8) is 0 Å². The quantitative estimate of drug-likeness (QED) is 0.516. The summed E-state index contributed by atoms with van der Waals surface area (Å²) in [6, 6.07) is 0. The van der Waals surface area contributed by atoms with Gasteiger partial charge >= 0.3 is 0 Å². The Kier molecular flexibility index (Phi) is 3.11. The zero-order chi connectivity index (χ0) is 6.62. The molecule has 0 rings (SSSR count). The molecule has 0 saturated heterocycles. The summed E-state index contributed by atoms with van der Waals surface area (Å²) in [6.07, 6.45) is 4.90. The molecule has 0 unspecified atom stereocenters. The van der Waals surface area contributed by atoms with Gasteiger partial charge in [0.15, 0.2) is 0 Å². The molecule has 0 aliphatic carbocycles. The molecule has 49 valence electrons. The van der Waals surface area contributed by atoms with Crippen LogP contribution in [0.2, 0.25) is 0 Å². The van der Waals surface area contributed by atoms with E-state index in [4.69, 9.17) is 0 Å². The van der Waals surface area contributed by atoms with Gasteiger partial charge in [0, 0.05) is 0 Å². The summed E-state index contributed by atoms with van der Waals surface area (Å²) in [7, 11) is 0. The van der Waals surface area contributed by atoms with E-state index in [-0.39, 0.29) is 0 Å². The average Bonchev–Trinajstić information content (AvgIpc) is 1.59. The van der Waals surface area contributed by atoms with E-state index in [1.165, 1.54) is 12.8 Å². The minimum Gasteiger partial charge on any atom is -0.0654 e. The third kappa shape index (κ3) is 6.00. The highest BCUT2D eigenvalue weighted by molar-refractivity contribution is 4.79. The lowest BCUT2D eigenvalue weighted by molar-refractivity contribution is 0.471. The fourth-order valence-electron chi connectivity index (χ4n) is 0.577. The fourth-order valence-corrected chi connectivity index (χ4v) is 0.577. The van der Waals surface area contributed by atoms with Gasteiger partial charge in [0.2, 0.25) is 0 Å². The summed E-state index contributed by atoms with van der Waals surface area (Å²) in [5.74, 6) is 0. The molecule has 0 nitrogen and oxygen atoms in total. The highest BCUT2D eigenvalue weighted by atomic mass is 14.1. The van der Waals surface area contributed by atoms with Crippen molar-refractivity contribution in [2.24, 2.45) is 5.41 Å². The molecule has 0 N–H and O–H groups in total. The lowest BCUT2D eigenvalue weighted by atomic mass is 9.90. The zero-order valence-electron chi connectivity index (χ0n) is 6.49. The van der Waals surface area contributed by atoms with Crippen LogP contribution in [0.15, 0.2) is 0 Å². The van der Waals surface area contributed by atoms with Gasteiger partial charge in [-0.1, -0.05) is 34.1 Å². The monoisotopic (exact) mass is 113 g/mol. The molecule has 0 atom stereocenters. The van der Waals surface area contributed by atoms with Crippen LogP contribution in [0.5, 0.6) is 0 Å². The molecule has 0 amide bonds. The van der Waals surface area contributed by atoms with E-state index >= 15 is 0 Å². The largest absolute Gasteiger partial charge is 0.0654 e. The molecule has 0 saturated carbocycles. The summed E-state index contributed by atoms with van der Waals surface area (Å²) in [5, 5.41) is 0. The van der Waals surface area contributed by atoms with Crippen LogP contribution in [0.1, 0.15) is 40.5 Å². The van der Waals surface area contributed by atoms with Gasteiger partial charge in [0.1, 0.15) is 0 Å². The summed E-state index contributed by atoms with van der Waals surface area (Å²) in [5.41, 5.74) is 0.427. The molecule has 8 heavy (non-hydrogen) atoms. The van der Waals surface area contributed by atoms with Crippen molar-refractivity contribution < 1.29 is 0 Å². The molecule has 0 aromatic heterocycles. The Morgan fingerprint density at radius 3 is 1.88 bits per heavy atom. The van der Waals surface area contributed by atoms with Crippen molar-refractivity contribution in [2.75, 3.05) is 0 Å². The summed E-state index contributed by atoms with van der Waals surface area (Å²) in [4.78, 5) is 0. The van der Waals surface area contributed by atoms with E-state index in [1.807, 2.05) is 0 Å². The van der Waals surface area contributed by atoms with Crippen LogP contribution in [-0.2, 0) is 0 Å². The topological polar surface area (TPSA) is 0 Å². The Labute approximate surface area is 53.3 Å². The third-order valence-electron chi connectivity index (χ3n) is 1.05. The van der Waals surface area contributed by atoms with E-state index in [9.17, 15) is 0 Å². The lowest BCUT2D eigenvalue weighted by Crippen LogP contribution is -2.04. The van der Waals surface area contributed by atoms with E-state index in [0.29, 0.717) is 5.41 Å². The minimum absolute atomic E-state index is 0.427. The second-order valence-electron chi connectivity index (χ2n) is 3.36. The standard InChI is InChI=1S/C8H17/c1-5-6-7-8(2,3)4/h7H,5-6H2,1-4H3. The fraction of sp³-hybridized carbons (Fsp3) is 0.875. The van der Waals surface area contributed by atoms with Crippen molar-refractivity contribution in [1.82, 2.24) is 0 Å². The van der Waals surface area contributed by atoms with Crippen LogP contribution >= 0.6 is 0 Å². The molecular weight excluding hydrogens is 96.1 g/mol. The number of rotatable bonds is 2. The first-order valence-electron chi connectivity index (χ1n) is 3.40. The van der Waals surface area contributed by atoms with Crippen LogP contribution < -0.4 is 0 Å². The van der Waals surface area contributed by atoms with Gasteiger partial charge < -0.3 is 0 Å². The first-order valence-corrected chi connectivity index (χ1v) is 3.40. The highest BCUT2D eigenvalue weighted by Crippen LogP contribution is 2.19. The Hall–Kier alpha value is 0. The Bertz CT molecular complexity index is 47.5. The van der Waals surface area contributed by atoms with E-state index < -0.39 is 0 Å². The van der Waals surface area contributed by atoms with Crippen LogP contribution in [0, 0.1) is 11.8 Å². The van der Waals surface area contributed by atoms with Gasteiger partial charge in [-0.25, -0.2) is 0 Å². The molecule has 0 heterocycles. The zero-order valence-corrected chi connectivity index (χ0v) is 6.49. The summed E-state index contributed by atoms with van der Waals surface area (Å²) in [6.45, 7) is 8.93. The van der Waals surface area contributed by atoms with Crippen LogP contribution in [0.4, 0.5) is 0 Å². The summed E-state index contributed by atoms with van der Waals surface area (Å²) >= 11 is 0. The molecular formula is C8H17. The van der Waals surface area contributed by atoms with Gasteiger partial charge in [0.25, 0.3) is 0 Å². The molecule has 0 bridgehead atoms. The highest BCUT2D eigenvalue weighted by Gasteiger charge is 2.07. The molecule has 0 aromatic carbocycles. The van der Waals surface area contributed by atoms with E-state index in [1.54, 1.807) is 0 Å². The van der Waals surface area contributed by atoms with Gasteiger partial charge in [-0.15, -0.1) is 0 Å². The maximum atomic E-state index is 2.37. The maximum Gasteiger partial charge on any atom is -0.0332 e. The van der Waals surface area contributed by atoms with Gasteiger partial charge in [-0.2, -0.15) is 0 Å². The van der Waals surface area contributed by atoms with Crippen molar-refractivity contribution in [3.05, 3.63) is 6.42 Å². The van der Waals surface area contributed by atoms with Crippen molar-refractivity contribution in [3.8, 4) is 0 Å². The van der Waals surface area contributed by atoms with Gasteiger partial charge in [0.05, 0.1) is 0 Å². The van der Waals surface area contributed by atoms with Crippen LogP contribution in [0.25, 0.3) is 0 Å². The Balaban J connectivity index is 3.11. The van der Waals surface area contributed by atoms with Crippen LogP contribution in [0.3, 0.4) is 0 Å². The Morgan fingerprint density at radius 2 is 1.75 bits per heavy atom. The maximum absolute atomic E-state index is 2.37. The number of hydrogen-bond acceptors (Lipinski definition) is 0. The minimum atomic E-state index is 0.427. The second kappa shape index (κ2) is 3.11. The molecule has 0 spiro atoms. The number of hydrogen-bond donors (Lipinski definition) is 0. The van der Waals surface area contributed by atoms with E-state index in [0.717, 1.165) is 0 Å². The molecule has 0 aromatic rings. The summed E-state index contributed by atoms with van der Waals surface area (Å²) < 4.78 is 0. The molecule has 0 fully saturated rings. The predicted octanol–water partition coefficient (Wildman–Crippen LogP) is 3.04. The first kappa shape index (κ1) is 8.00. The van der Waals surface area contributed by atoms with E-state index in [2.05, 4.69) is 34.1 Å². The normalized spacial score (nSPS) is 12.0. The van der Waals surface area contributed by atoms with Gasteiger partial charge in [-0.3, -0.25) is 0 Å². The lowest BCUT2D eigenvalue weighted by Gasteiger charge is -2.15. The van der Waals surface area contributed by atoms with Crippen molar-refractivity contribution in [2.45, 2.75) is 40.5 Å². The molecule has 0 aliphatic heterocycles. The number of unbranched alkanes of at least 4 members (excludes halogenated alkanes) is 1. The van der Waals surface area contributed by atoms with Crippen molar-refractivity contribution >= 4 is 0 Å². The molecule has 0 heteroatoms. The predicted molar refractivity (Wildman–Crippen MR) is 38.7 cm³/mol. The first-order chi connectivity index (χ1) is 3.56. The van der Waals surface area contributed by atoms with Crippen LogP contribution in [-0.4, -0.2) is 0 Å². The van der Waals surface area contributed by atoms with Gasteiger partial charge in [-0.05, 0) is 18.3 Å².